The van der Waals surface area contributed by atoms with E-state index in [1.807, 2.05) is 6.08 Å². The summed E-state index contributed by atoms with van der Waals surface area (Å²) in [5, 5.41) is 0. The molecule has 0 unspecified atom stereocenters. The average Bonchev–Trinajstić information content (AvgIpc) is 2.88. The third-order valence-corrected chi connectivity index (χ3v) is 8.51. The molecule has 1 heteroatoms. The number of carbonyl (C=O) groups excluding carboxylic acids is 1. The van der Waals surface area contributed by atoms with Crippen molar-refractivity contribution in [3.63, 3.8) is 0 Å². The Labute approximate surface area is 141 Å². The SMILES string of the molecule is C#C[C@]1(C)CC[C@H]2[C@@H]3CCC4=CC(=O)CC[C@@H]4[C@H]3CC[C@@]21CC. The molecular weight excluding hydrogens is 280 g/mol. The molecule has 0 amide bonds. The minimum atomic E-state index is 0.107. The second-order valence-corrected chi connectivity index (χ2v) is 8.87. The average molecular weight is 310 g/mol. The summed E-state index contributed by atoms with van der Waals surface area (Å²) < 4.78 is 0. The maximum Gasteiger partial charge on any atom is 0.155 e. The van der Waals surface area contributed by atoms with Crippen molar-refractivity contribution in [2.24, 2.45) is 34.5 Å². The van der Waals surface area contributed by atoms with Crippen molar-refractivity contribution >= 4 is 5.78 Å². The summed E-state index contributed by atoms with van der Waals surface area (Å²) in [6.45, 7) is 4.74. The molecule has 0 aromatic heterocycles. The predicted molar refractivity (Wildman–Crippen MR) is 93.7 cm³/mol. The molecule has 4 rings (SSSR count). The summed E-state index contributed by atoms with van der Waals surface area (Å²) in [6.07, 6.45) is 18.8. The van der Waals surface area contributed by atoms with Crippen LogP contribution in [-0.4, -0.2) is 5.78 Å². The van der Waals surface area contributed by atoms with E-state index in [-0.39, 0.29) is 5.41 Å². The second kappa shape index (κ2) is 5.23. The lowest BCUT2D eigenvalue weighted by atomic mass is 9.48. The molecule has 0 N–H and O–H groups in total. The summed E-state index contributed by atoms with van der Waals surface area (Å²) in [5.41, 5.74) is 1.98. The van der Waals surface area contributed by atoms with Crippen molar-refractivity contribution in [1.29, 1.82) is 0 Å². The van der Waals surface area contributed by atoms with Crippen molar-refractivity contribution in [3.8, 4) is 12.3 Å². The number of fused-ring (bicyclic) bond motifs is 5. The third-order valence-electron chi connectivity index (χ3n) is 8.51. The quantitative estimate of drug-likeness (QED) is 0.612. The lowest BCUT2D eigenvalue weighted by Crippen LogP contribution is -2.49. The van der Waals surface area contributed by atoms with E-state index in [0.29, 0.717) is 17.1 Å². The Morgan fingerprint density at radius 1 is 1.17 bits per heavy atom. The van der Waals surface area contributed by atoms with Gasteiger partial charge in [-0.25, -0.2) is 0 Å². The van der Waals surface area contributed by atoms with E-state index in [9.17, 15) is 4.79 Å². The van der Waals surface area contributed by atoms with Gasteiger partial charge in [-0.05, 0) is 93.5 Å². The Hall–Kier alpha value is -1.03. The van der Waals surface area contributed by atoms with Gasteiger partial charge in [-0.3, -0.25) is 4.79 Å². The molecule has 4 aliphatic rings. The first kappa shape index (κ1) is 15.5. The molecule has 0 aromatic rings. The molecule has 0 radical (unpaired) electrons. The Kier molecular flexibility index (Phi) is 3.53. The van der Waals surface area contributed by atoms with Crippen molar-refractivity contribution in [3.05, 3.63) is 11.6 Å². The van der Waals surface area contributed by atoms with Gasteiger partial charge < -0.3 is 0 Å². The minimum Gasteiger partial charge on any atom is -0.295 e. The van der Waals surface area contributed by atoms with E-state index < -0.39 is 0 Å². The molecule has 0 spiro atoms. The van der Waals surface area contributed by atoms with Gasteiger partial charge >= 0.3 is 0 Å². The third kappa shape index (κ3) is 1.97. The Morgan fingerprint density at radius 2 is 2.00 bits per heavy atom. The molecule has 0 saturated heterocycles. The zero-order chi connectivity index (χ0) is 16.2. The topological polar surface area (TPSA) is 17.1 Å². The fourth-order valence-corrected chi connectivity index (χ4v) is 7.31. The van der Waals surface area contributed by atoms with Crippen LogP contribution in [0.5, 0.6) is 0 Å². The van der Waals surface area contributed by atoms with E-state index >= 15 is 0 Å². The van der Waals surface area contributed by atoms with Gasteiger partial charge in [0.05, 0.1) is 0 Å². The normalized spacial score (nSPS) is 48.7. The van der Waals surface area contributed by atoms with Crippen LogP contribution in [0.25, 0.3) is 0 Å². The fourth-order valence-electron chi connectivity index (χ4n) is 7.31. The van der Waals surface area contributed by atoms with Gasteiger partial charge in [0, 0.05) is 11.8 Å². The number of rotatable bonds is 1. The molecule has 1 nitrogen and oxygen atoms in total. The van der Waals surface area contributed by atoms with Crippen molar-refractivity contribution in [1.82, 2.24) is 0 Å². The lowest BCUT2D eigenvalue weighted by Gasteiger charge is -2.56. The molecule has 0 bridgehead atoms. The monoisotopic (exact) mass is 310 g/mol. The number of carbonyl (C=O) groups is 1. The molecule has 0 aromatic carbocycles. The molecule has 4 aliphatic carbocycles. The van der Waals surface area contributed by atoms with Crippen LogP contribution in [0.3, 0.4) is 0 Å². The predicted octanol–water partition coefficient (Wildman–Crippen LogP) is 5.16. The van der Waals surface area contributed by atoms with Crippen LogP contribution in [0.1, 0.15) is 71.6 Å². The zero-order valence-corrected chi connectivity index (χ0v) is 14.7. The lowest BCUT2D eigenvalue weighted by molar-refractivity contribution is -0.116. The highest BCUT2D eigenvalue weighted by atomic mass is 16.1. The highest BCUT2D eigenvalue weighted by Crippen LogP contribution is 2.68. The Morgan fingerprint density at radius 3 is 2.74 bits per heavy atom. The smallest absolute Gasteiger partial charge is 0.155 e. The summed E-state index contributed by atoms with van der Waals surface area (Å²) in [7, 11) is 0. The van der Waals surface area contributed by atoms with Crippen molar-refractivity contribution in [2.75, 3.05) is 0 Å². The van der Waals surface area contributed by atoms with Crippen LogP contribution in [0.4, 0.5) is 0 Å². The molecule has 3 saturated carbocycles. The summed E-state index contributed by atoms with van der Waals surface area (Å²) in [5.74, 6) is 6.82. The van der Waals surface area contributed by atoms with Crippen LogP contribution >= 0.6 is 0 Å². The number of hydrogen-bond donors (Lipinski definition) is 0. The molecule has 0 aliphatic heterocycles. The number of terminal acetylenes is 1. The first-order valence-corrected chi connectivity index (χ1v) is 9.76. The van der Waals surface area contributed by atoms with E-state index in [1.54, 1.807) is 0 Å². The van der Waals surface area contributed by atoms with Gasteiger partial charge in [-0.1, -0.05) is 18.4 Å². The minimum absolute atomic E-state index is 0.107. The maximum atomic E-state index is 11.8. The van der Waals surface area contributed by atoms with Crippen molar-refractivity contribution in [2.45, 2.75) is 71.6 Å². The second-order valence-electron chi connectivity index (χ2n) is 8.87. The van der Waals surface area contributed by atoms with Gasteiger partial charge in [0.1, 0.15) is 0 Å². The van der Waals surface area contributed by atoms with Gasteiger partial charge in [0.15, 0.2) is 5.78 Å². The summed E-state index contributed by atoms with van der Waals surface area (Å²) >= 11 is 0. The molecule has 3 fully saturated rings. The largest absolute Gasteiger partial charge is 0.295 e. The summed E-state index contributed by atoms with van der Waals surface area (Å²) in [4.78, 5) is 11.8. The van der Waals surface area contributed by atoms with Crippen molar-refractivity contribution < 1.29 is 4.79 Å². The standard InChI is InChI=1S/C22H30O/c1-4-21(3)12-11-20-19-8-6-15-14-16(23)7-9-17(15)18(19)10-13-22(20,21)5-2/h1,14,17-20H,5-13H2,2-3H3/t17-,18+,19+,20-,21+,22-/m0/s1. The van der Waals surface area contributed by atoms with E-state index in [2.05, 4.69) is 19.8 Å². The van der Waals surface area contributed by atoms with Gasteiger partial charge in [-0.15, -0.1) is 6.42 Å². The first-order chi connectivity index (χ1) is 11.0. The van der Waals surface area contributed by atoms with Crippen LogP contribution in [-0.2, 0) is 4.79 Å². The molecule has 6 atom stereocenters. The number of allylic oxidation sites excluding steroid dienone is 1. The van der Waals surface area contributed by atoms with Gasteiger partial charge in [-0.2, -0.15) is 0 Å². The molecule has 23 heavy (non-hydrogen) atoms. The fraction of sp³-hybridized carbons (Fsp3) is 0.773. The maximum absolute atomic E-state index is 11.8. The van der Waals surface area contributed by atoms with Crippen LogP contribution < -0.4 is 0 Å². The van der Waals surface area contributed by atoms with Crippen LogP contribution in [0.15, 0.2) is 11.6 Å². The Balaban J connectivity index is 1.67. The van der Waals surface area contributed by atoms with Gasteiger partial charge in [0.2, 0.25) is 0 Å². The Bertz CT molecular complexity index is 594. The van der Waals surface area contributed by atoms with Crippen LogP contribution in [0.2, 0.25) is 0 Å². The van der Waals surface area contributed by atoms with E-state index in [1.165, 1.54) is 50.5 Å². The highest BCUT2D eigenvalue weighted by molar-refractivity contribution is 5.91. The van der Waals surface area contributed by atoms with E-state index in [0.717, 1.165) is 30.6 Å². The highest BCUT2D eigenvalue weighted by Gasteiger charge is 2.61. The zero-order valence-electron chi connectivity index (χ0n) is 14.7. The van der Waals surface area contributed by atoms with Gasteiger partial charge in [0.25, 0.3) is 0 Å². The summed E-state index contributed by atoms with van der Waals surface area (Å²) in [6, 6.07) is 0. The molecule has 0 heterocycles. The molecular formula is C22H30O. The first-order valence-electron chi connectivity index (χ1n) is 9.76. The molecule has 124 valence electrons. The van der Waals surface area contributed by atoms with Crippen LogP contribution in [0, 0.1) is 46.8 Å². The van der Waals surface area contributed by atoms with E-state index in [4.69, 9.17) is 6.42 Å². The number of hydrogen-bond acceptors (Lipinski definition) is 1. The number of ketones is 1.